The Morgan fingerprint density at radius 3 is 2.39 bits per heavy atom. The van der Waals surface area contributed by atoms with Crippen LogP contribution in [0, 0.1) is 6.92 Å². The molecular weight excluding hydrogens is 446 g/mol. The van der Waals surface area contributed by atoms with Gasteiger partial charge >= 0.3 is 0 Å². The number of aromatic nitrogens is 4. The lowest BCUT2D eigenvalue weighted by molar-refractivity contribution is 0.0939. The van der Waals surface area contributed by atoms with Crippen LogP contribution in [0.3, 0.4) is 0 Å². The number of hydrogen-bond donors (Lipinski definition) is 1. The van der Waals surface area contributed by atoms with Gasteiger partial charge in [0.2, 0.25) is 0 Å². The van der Waals surface area contributed by atoms with Crippen molar-refractivity contribution in [1.29, 1.82) is 0 Å². The lowest BCUT2D eigenvalue weighted by Gasteiger charge is -2.19. The standard InChI is InChI=1S/C30H27N5O/c1-3-35-29-25(18-32-35)26(23-13-19(2)16-31-17-23)27(28(34-29)20-9-5-4-6-10-20)30(36)33-24-14-21-11-7-8-12-22(21)15-24/h4-13,16-18,24H,3,14-15H2,1-2H3,(H,33,36). The summed E-state index contributed by atoms with van der Waals surface area (Å²) in [5.41, 5.74) is 8.20. The lowest BCUT2D eigenvalue weighted by Crippen LogP contribution is -2.36. The maximum absolute atomic E-state index is 14.1. The minimum atomic E-state index is -0.123. The normalized spacial score (nSPS) is 13.2. The third-order valence-electron chi connectivity index (χ3n) is 6.91. The highest BCUT2D eigenvalue weighted by Gasteiger charge is 2.29. The van der Waals surface area contributed by atoms with E-state index in [-0.39, 0.29) is 11.9 Å². The van der Waals surface area contributed by atoms with E-state index >= 15 is 0 Å². The van der Waals surface area contributed by atoms with Crippen LogP contribution in [0.2, 0.25) is 0 Å². The van der Waals surface area contributed by atoms with Gasteiger partial charge in [-0.25, -0.2) is 9.67 Å². The summed E-state index contributed by atoms with van der Waals surface area (Å²) in [6, 6.07) is 20.4. The molecule has 6 nitrogen and oxygen atoms in total. The molecule has 0 atom stereocenters. The van der Waals surface area contributed by atoms with E-state index in [1.165, 1.54) is 11.1 Å². The van der Waals surface area contributed by atoms with Gasteiger partial charge < -0.3 is 5.32 Å². The third kappa shape index (κ3) is 3.85. The molecule has 6 rings (SSSR count). The van der Waals surface area contributed by atoms with Crippen LogP contribution in [-0.4, -0.2) is 31.7 Å². The van der Waals surface area contributed by atoms with Gasteiger partial charge in [-0.1, -0.05) is 54.6 Å². The number of aryl methyl sites for hydroxylation is 2. The zero-order valence-electron chi connectivity index (χ0n) is 20.4. The highest BCUT2D eigenvalue weighted by atomic mass is 16.1. The summed E-state index contributed by atoms with van der Waals surface area (Å²) >= 11 is 0. The van der Waals surface area contributed by atoms with Crippen LogP contribution < -0.4 is 5.32 Å². The molecule has 0 saturated heterocycles. The molecule has 36 heavy (non-hydrogen) atoms. The van der Waals surface area contributed by atoms with Crippen LogP contribution in [0.5, 0.6) is 0 Å². The van der Waals surface area contributed by atoms with E-state index in [9.17, 15) is 4.79 Å². The number of rotatable bonds is 5. The zero-order chi connectivity index (χ0) is 24.6. The number of carbonyl (C=O) groups excluding carboxylic acids is 1. The van der Waals surface area contributed by atoms with E-state index in [1.54, 1.807) is 0 Å². The molecule has 3 aromatic heterocycles. The average molecular weight is 474 g/mol. The van der Waals surface area contributed by atoms with Gasteiger partial charge in [-0.15, -0.1) is 0 Å². The minimum Gasteiger partial charge on any atom is -0.349 e. The molecule has 5 aromatic rings. The van der Waals surface area contributed by atoms with Gasteiger partial charge in [0, 0.05) is 47.1 Å². The molecule has 1 N–H and O–H groups in total. The Morgan fingerprint density at radius 2 is 1.69 bits per heavy atom. The van der Waals surface area contributed by atoms with Crippen molar-refractivity contribution in [2.75, 3.05) is 0 Å². The molecule has 178 valence electrons. The summed E-state index contributed by atoms with van der Waals surface area (Å²) in [4.78, 5) is 23.6. The van der Waals surface area contributed by atoms with Crippen molar-refractivity contribution < 1.29 is 4.79 Å². The van der Waals surface area contributed by atoms with E-state index in [0.29, 0.717) is 17.8 Å². The van der Waals surface area contributed by atoms with Gasteiger partial charge in [0.1, 0.15) is 0 Å². The Kier molecular flexibility index (Phi) is 5.56. The number of nitrogens with zero attached hydrogens (tertiary/aromatic N) is 4. The molecule has 0 unspecified atom stereocenters. The SMILES string of the molecule is CCn1ncc2c(-c3cncc(C)c3)c(C(=O)NC3Cc4ccccc4C3)c(-c3ccccc3)nc21. The molecule has 0 radical (unpaired) electrons. The van der Waals surface area contributed by atoms with Gasteiger partial charge in [-0.3, -0.25) is 9.78 Å². The second-order valence-electron chi connectivity index (χ2n) is 9.37. The van der Waals surface area contributed by atoms with Crippen molar-refractivity contribution >= 4 is 16.9 Å². The molecular formula is C30H27N5O. The molecule has 1 aliphatic rings. The Hall–Kier alpha value is -4.32. The first-order chi connectivity index (χ1) is 17.6. The Labute approximate surface area is 210 Å². The van der Waals surface area contributed by atoms with Crippen LogP contribution in [0.1, 0.15) is 34.0 Å². The van der Waals surface area contributed by atoms with Crippen LogP contribution in [-0.2, 0) is 19.4 Å². The maximum Gasteiger partial charge on any atom is 0.254 e. The highest BCUT2D eigenvalue weighted by molar-refractivity contribution is 6.12. The van der Waals surface area contributed by atoms with Gasteiger partial charge in [-0.05, 0) is 49.4 Å². The van der Waals surface area contributed by atoms with Crippen LogP contribution in [0.15, 0.2) is 79.3 Å². The number of fused-ring (bicyclic) bond motifs is 2. The Morgan fingerprint density at radius 1 is 0.972 bits per heavy atom. The smallest absolute Gasteiger partial charge is 0.254 e. The van der Waals surface area contributed by atoms with Crippen LogP contribution >= 0.6 is 0 Å². The van der Waals surface area contributed by atoms with Gasteiger partial charge in [0.25, 0.3) is 5.91 Å². The largest absolute Gasteiger partial charge is 0.349 e. The molecule has 0 saturated carbocycles. The summed E-state index contributed by atoms with van der Waals surface area (Å²) < 4.78 is 1.88. The summed E-state index contributed by atoms with van der Waals surface area (Å²) in [7, 11) is 0. The van der Waals surface area contributed by atoms with Crippen molar-refractivity contribution in [2.24, 2.45) is 0 Å². The van der Waals surface area contributed by atoms with Crippen LogP contribution in [0.25, 0.3) is 33.4 Å². The monoisotopic (exact) mass is 473 g/mol. The van der Waals surface area contributed by atoms with Crippen molar-refractivity contribution in [3.8, 4) is 22.4 Å². The second kappa shape index (κ2) is 9.04. The number of amides is 1. The summed E-state index contributed by atoms with van der Waals surface area (Å²) in [5, 5.41) is 8.78. The van der Waals surface area contributed by atoms with E-state index < -0.39 is 0 Å². The molecule has 0 fully saturated rings. The average Bonchev–Trinajstić information content (AvgIpc) is 3.51. The number of hydrogen-bond acceptors (Lipinski definition) is 4. The topological polar surface area (TPSA) is 72.7 Å². The molecule has 0 bridgehead atoms. The first-order valence-electron chi connectivity index (χ1n) is 12.4. The van der Waals surface area contributed by atoms with E-state index in [2.05, 4.69) is 45.7 Å². The fourth-order valence-corrected chi connectivity index (χ4v) is 5.26. The van der Waals surface area contributed by atoms with Gasteiger partial charge in [-0.2, -0.15) is 5.10 Å². The summed E-state index contributed by atoms with van der Waals surface area (Å²) in [6.45, 7) is 4.74. The Balaban J connectivity index is 1.56. The van der Waals surface area contributed by atoms with E-state index in [0.717, 1.165) is 46.1 Å². The van der Waals surface area contributed by atoms with Gasteiger partial charge in [0.15, 0.2) is 5.65 Å². The zero-order valence-corrected chi connectivity index (χ0v) is 20.4. The fraction of sp³-hybridized carbons (Fsp3) is 0.200. The fourth-order valence-electron chi connectivity index (χ4n) is 5.26. The van der Waals surface area contributed by atoms with Crippen LogP contribution in [0.4, 0.5) is 0 Å². The van der Waals surface area contributed by atoms with Crippen molar-refractivity contribution in [2.45, 2.75) is 39.3 Å². The van der Waals surface area contributed by atoms with E-state index in [4.69, 9.17) is 4.98 Å². The van der Waals surface area contributed by atoms with Crippen molar-refractivity contribution in [3.63, 3.8) is 0 Å². The minimum absolute atomic E-state index is 0.0380. The predicted octanol–water partition coefficient (Wildman–Crippen LogP) is 5.39. The molecule has 1 aliphatic carbocycles. The lowest BCUT2D eigenvalue weighted by atomic mass is 9.93. The van der Waals surface area contributed by atoms with Gasteiger partial charge in [0.05, 0.1) is 17.5 Å². The van der Waals surface area contributed by atoms with E-state index in [1.807, 2.05) is 67.5 Å². The van der Waals surface area contributed by atoms with Crippen molar-refractivity contribution in [1.82, 2.24) is 25.1 Å². The molecule has 0 spiro atoms. The molecule has 6 heteroatoms. The maximum atomic E-state index is 14.1. The summed E-state index contributed by atoms with van der Waals surface area (Å²) in [6.07, 6.45) is 7.12. The molecule has 3 heterocycles. The first kappa shape index (κ1) is 22.2. The number of pyridine rings is 2. The number of carbonyl (C=O) groups is 1. The molecule has 2 aromatic carbocycles. The Bertz CT molecular complexity index is 1560. The highest BCUT2D eigenvalue weighted by Crippen LogP contribution is 2.37. The number of nitrogens with one attached hydrogen (secondary N) is 1. The quantitative estimate of drug-likeness (QED) is 0.372. The van der Waals surface area contributed by atoms with Crippen molar-refractivity contribution in [3.05, 3.63) is 102 Å². The summed E-state index contributed by atoms with van der Waals surface area (Å²) in [5.74, 6) is -0.123. The predicted molar refractivity (Wildman–Crippen MR) is 142 cm³/mol. The number of benzene rings is 2. The molecule has 0 aliphatic heterocycles. The molecule has 1 amide bonds. The first-order valence-corrected chi connectivity index (χ1v) is 12.4. The third-order valence-corrected chi connectivity index (χ3v) is 6.91. The second-order valence-corrected chi connectivity index (χ2v) is 9.37.